The van der Waals surface area contributed by atoms with Gasteiger partial charge in [0, 0.05) is 10.6 Å². The Bertz CT molecular complexity index is 554. The average Bonchev–Trinajstić information content (AvgIpc) is 2.68. The van der Waals surface area contributed by atoms with Crippen LogP contribution in [-0.2, 0) is 0 Å². The average molecular weight is 272 g/mol. The van der Waals surface area contributed by atoms with Crippen molar-refractivity contribution < 1.29 is 4.63 Å². The van der Waals surface area contributed by atoms with Crippen LogP contribution in [0.2, 0.25) is 10.0 Å². The number of nitrogen functional groups attached to an aromatic ring is 1. The van der Waals surface area contributed by atoms with Crippen molar-refractivity contribution in [3.8, 4) is 0 Å². The number of rotatable bonds is 3. The highest BCUT2D eigenvalue weighted by atomic mass is 35.5. The summed E-state index contributed by atoms with van der Waals surface area (Å²) in [5, 5.41) is 11.8. The zero-order valence-corrected chi connectivity index (χ0v) is 9.90. The predicted octanol–water partition coefficient (Wildman–Crippen LogP) is 2.40. The van der Waals surface area contributed by atoms with Crippen LogP contribution in [0.3, 0.4) is 0 Å². The van der Waals surface area contributed by atoms with Crippen molar-refractivity contribution in [2.75, 3.05) is 11.2 Å². The van der Waals surface area contributed by atoms with Gasteiger partial charge in [-0.25, -0.2) is 4.63 Å². The standard InChI is InChI=1S/C9H7Cl2N5O/c10-6-2-1-5(7(11)3-6)4-13-14-9-8(12)15-17-16-9/h1-4H,(H2,12,15)(H,14,16)/b13-4-. The molecule has 0 saturated heterocycles. The fourth-order valence-electron chi connectivity index (χ4n) is 1.04. The van der Waals surface area contributed by atoms with E-state index in [0.717, 1.165) is 0 Å². The van der Waals surface area contributed by atoms with Crippen molar-refractivity contribution in [1.82, 2.24) is 10.3 Å². The van der Waals surface area contributed by atoms with E-state index < -0.39 is 0 Å². The molecule has 2 rings (SSSR count). The third kappa shape index (κ3) is 2.86. The van der Waals surface area contributed by atoms with Gasteiger partial charge in [0.25, 0.3) is 0 Å². The lowest BCUT2D eigenvalue weighted by atomic mass is 10.2. The van der Waals surface area contributed by atoms with E-state index in [0.29, 0.717) is 15.6 Å². The molecule has 0 saturated carbocycles. The van der Waals surface area contributed by atoms with Gasteiger partial charge < -0.3 is 5.73 Å². The zero-order valence-electron chi connectivity index (χ0n) is 8.39. The first-order chi connectivity index (χ1) is 8.16. The highest BCUT2D eigenvalue weighted by Crippen LogP contribution is 2.19. The maximum absolute atomic E-state index is 5.95. The van der Waals surface area contributed by atoms with Gasteiger partial charge in [-0.05, 0) is 22.4 Å². The van der Waals surface area contributed by atoms with Gasteiger partial charge in [-0.3, -0.25) is 5.43 Å². The maximum atomic E-state index is 5.95. The molecule has 1 heterocycles. The van der Waals surface area contributed by atoms with E-state index >= 15 is 0 Å². The molecule has 0 fully saturated rings. The summed E-state index contributed by atoms with van der Waals surface area (Å²) in [4.78, 5) is 0. The van der Waals surface area contributed by atoms with E-state index in [2.05, 4.69) is 25.5 Å². The number of halogens is 2. The maximum Gasteiger partial charge on any atom is 0.235 e. The molecule has 0 spiro atoms. The van der Waals surface area contributed by atoms with Gasteiger partial charge in [-0.2, -0.15) is 5.10 Å². The second kappa shape index (κ2) is 5.03. The number of nitrogens with one attached hydrogen (secondary N) is 1. The van der Waals surface area contributed by atoms with Crippen LogP contribution in [0.25, 0.3) is 0 Å². The van der Waals surface area contributed by atoms with Crippen molar-refractivity contribution in [1.29, 1.82) is 0 Å². The van der Waals surface area contributed by atoms with Crippen molar-refractivity contribution in [3.05, 3.63) is 33.8 Å². The lowest BCUT2D eigenvalue weighted by molar-refractivity contribution is 0.310. The molecular weight excluding hydrogens is 265 g/mol. The summed E-state index contributed by atoms with van der Waals surface area (Å²) in [6, 6.07) is 5.07. The molecule has 3 N–H and O–H groups in total. The number of hydrogen-bond donors (Lipinski definition) is 2. The minimum Gasteiger partial charge on any atom is -0.378 e. The molecular formula is C9H7Cl2N5O. The Labute approximate surface area is 106 Å². The third-order valence-electron chi connectivity index (χ3n) is 1.85. The van der Waals surface area contributed by atoms with Crippen LogP contribution in [0, 0.1) is 0 Å². The molecule has 0 aliphatic rings. The van der Waals surface area contributed by atoms with Gasteiger partial charge in [0.1, 0.15) is 0 Å². The van der Waals surface area contributed by atoms with Gasteiger partial charge in [0.05, 0.1) is 11.2 Å². The quantitative estimate of drug-likeness (QED) is 0.661. The van der Waals surface area contributed by atoms with Gasteiger partial charge in [0.2, 0.25) is 11.6 Å². The number of aromatic nitrogens is 2. The molecule has 0 aliphatic heterocycles. The highest BCUT2D eigenvalue weighted by molar-refractivity contribution is 6.36. The van der Waals surface area contributed by atoms with Crippen LogP contribution in [0.4, 0.5) is 11.6 Å². The second-order valence-corrected chi connectivity index (χ2v) is 3.88. The zero-order chi connectivity index (χ0) is 12.3. The molecule has 0 radical (unpaired) electrons. The summed E-state index contributed by atoms with van der Waals surface area (Å²) < 4.78 is 4.38. The Morgan fingerprint density at radius 3 is 2.82 bits per heavy atom. The van der Waals surface area contributed by atoms with Gasteiger partial charge in [-0.15, -0.1) is 0 Å². The second-order valence-electron chi connectivity index (χ2n) is 3.03. The molecule has 0 atom stereocenters. The molecule has 6 nitrogen and oxygen atoms in total. The summed E-state index contributed by atoms with van der Waals surface area (Å²) >= 11 is 11.7. The number of hydrogen-bond acceptors (Lipinski definition) is 6. The Balaban J connectivity index is 2.08. The molecule has 0 bridgehead atoms. The Hall–Kier alpha value is -1.79. The lowest BCUT2D eigenvalue weighted by Crippen LogP contribution is -1.95. The van der Waals surface area contributed by atoms with Crippen molar-refractivity contribution in [2.45, 2.75) is 0 Å². The van der Waals surface area contributed by atoms with Gasteiger partial charge in [-0.1, -0.05) is 29.3 Å². The topological polar surface area (TPSA) is 89.3 Å². The number of hydrazone groups is 1. The minimum atomic E-state index is 0.129. The molecule has 0 amide bonds. The smallest absolute Gasteiger partial charge is 0.235 e. The summed E-state index contributed by atoms with van der Waals surface area (Å²) in [6.45, 7) is 0. The van der Waals surface area contributed by atoms with Crippen LogP contribution in [0.15, 0.2) is 27.9 Å². The first-order valence-electron chi connectivity index (χ1n) is 4.49. The molecule has 17 heavy (non-hydrogen) atoms. The van der Waals surface area contributed by atoms with Crippen molar-refractivity contribution in [3.63, 3.8) is 0 Å². The van der Waals surface area contributed by atoms with Crippen LogP contribution >= 0.6 is 23.2 Å². The molecule has 2 aromatic rings. The molecule has 0 unspecified atom stereocenters. The van der Waals surface area contributed by atoms with E-state index in [1.807, 2.05) is 0 Å². The summed E-state index contributed by atoms with van der Waals surface area (Å²) in [5.41, 5.74) is 8.70. The molecule has 1 aromatic carbocycles. The summed E-state index contributed by atoms with van der Waals surface area (Å²) in [5.74, 6) is 0.371. The highest BCUT2D eigenvalue weighted by Gasteiger charge is 2.03. The van der Waals surface area contributed by atoms with Crippen LogP contribution in [0.5, 0.6) is 0 Å². The number of benzene rings is 1. The van der Waals surface area contributed by atoms with Crippen LogP contribution in [0.1, 0.15) is 5.56 Å². The Kier molecular flexibility index (Phi) is 3.46. The lowest BCUT2D eigenvalue weighted by Gasteiger charge is -1.98. The summed E-state index contributed by atoms with van der Waals surface area (Å²) in [6.07, 6.45) is 1.51. The van der Waals surface area contributed by atoms with E-state index in [4.69, 9.17) is 28.9 Å². The number of nitrogens with two attached hydrogens (primary N) is 1. The van der Waals surface area contributed by atoms with Crippen LogP contribution in [-0.4, -0.2) is 16.5 Å². The third-order valence-corrected chi connectivity index (χ3v) is 2.41. The molecule has 1 aromatic heterocycles. The molecule has 8 heteroatoms. The minimum absolute atomic E-state index is 0.129. The molecule has 88 valence electrons. The fourth-order valence-corrected chi connectivity index (χ4v) is 1.50. The van der Waals surface area contributed by atoms with Gasteiger partial charge >= 0.3 is 0 Å². The SMILES string of the molecule is Nc1nonc1N/N=C\c1ccc(Cl)cc1Cl. The van der Waals surface area contributed by atoms with E-state index in [-0.39, 0.29) is 11.6 Å². The number of nitrogens with zero attached hydrogens (tertiary/aromatic N) is 3. The molecule has 0 aliphatic carbocycles. The number of anilines is 2. The Morgan fingerprint density at radius 2 is 2.18 bits per heavy atom. The van der Waals surface area contributed by atoms with E-state index in [9.17, 15) is 0 Å². The monoisotopic (exact) mass is 271 g/mol. The first-order valence-corrected chi connectivity index (χ1v) is 5.24. The summed E-state index contributed by atoms with van der Waals surface area (Å²) in [7, 11) is 0. The van der Waals surface area contributed by atoms with Gasteiger partial charge in [0.15, 0.2) is 0 Å². The first kappa shape index (κ1) is 11.7. The largest absolute Gasteiger partial charge is 0.378 e. The van der Waals surface area contributed by atoms with Crippen molar-refractivity contribution in [2.24, 2.45) is 5.10 Å². The fraction of sp³-hybridized carbons (Fsp3) is 0. The Morgan fingerprint density at radius 1 is 1.35 bits per heavy atom. The van der Waals surface area contributed by atoms with E-state index in [1.165, 1.54) is 6.21 Å². The van der Waals surface area contributed by atoms with E-state index in [1.54, 1.807) is 18.2 Å². The van der Waals surface area contributed by atoms with Crippen molar-refractivity contribution >= 4 is 41.1 Å². The normalized spacial score (nSPS) is 10.9. The predicted molar refractivity (Wildman–Crippen MR) is 66.4 cm³/mol. The van der Waals surface area contributed by atoms with Crippen LogP contribution < -0.4 is 11.2 Å².